The first kappa shape index (κ1) is 13.8. The van der Waals surface area contributed by atoms with Crippen molar-refractivity contribution in [3.8, 4) is 11.5 Å². The summed E-state index contributed by atoms with van der Waals surface area (Å²) in [5.41, 5.74) is 6.69. The zero-order chi connectivity index (χ0) is 12.8. The van der Waals surface area contributed by atoms with Crippen LogP contribution >= 0.6 is 0 Å². The average molecular weight is 237 g/mol. The Balaban J connectivity index is 2.78. The van der Waals surface area contributed by atoms with Crippen molar-refractivity contribution < 1.29 is 9.84 Å². The molecule has 3 nitrogen and oxygen atoms in total. The second kappa shape index (κ2) is 6.50. The Morgan fingerprint density at radius 2 is 2.00 bits per heavy atom. The van der Waals surface area contributed by atoms with Gasteiger partial charge in [-0.05, 0) is 38.7 Å². The summed E-state index contributed by atoms with van der Waals surface area (Å²) in [6.07, 6.45) is 1.93. The van der Waals surface area contributed by atoms with Gasteiger partial charge < -0.3 is 15.6 Å². The monoisotopic (exact) mass is 237 g/mol. The highest BCUT2D eigenvalue weighted by molar-refractivity contribution is 5.46. The molecule has 0 aliphatic rings. The molecule has 1 aromatic rings. The summed E-state index contributed by atoms with van der Waals surface area (Å²) < 4.78 is 5.38. The largest absolute Gasteiger partial charge is 0.504 e. The van der Waals surface area contributed by atoms with Crippen molar-refractivity contribution in [1.82, 2.24) is 0 Å². The van der Waals surface area contributed by atoms with Crippen LogP contribution in [0.3, 0.4) is 0 Å². The van der Waals surface area contributed by atoms with E-state index in [0.29, 0.717) is 18.3 Å². The molecule has 2 unspecified atom stereocenters. The van der Waals surface area contributed by atoms with Crippen molar-refractivity contribution in [3.05, 3.63) is 23.8 Å². The van der Waals surface area contributed by atoms with Gasteiger partial charge >= 0.3 is 0 Å². The standard InChI is InChI=1S/C14H23NO2/c1-4-17-13-7-5-6-12(14(13)16)10(2)8-9-11(3)15/h5-7,10-11,16H,4,8-9,15H2,1-3H3. The Bertz CT molecular complexity index is 350. The van der Waals surface area contributed by atoms with E-state index in [1.165, 1.54) is 0 Å². The number of phenolic OH excluding ortho intramolecular Hbond substituents is 1. The number of benzene rings is 1. The molecule has 3 heteroatoms. The normalized spacial score (nSPS) is 14.4. The highest BCUT2D eigenvalue weighted by Gasteiger charge is 2.14. The molecule has 0 fully saturated rings. The topological polar surface area (TPSA) is 55.5 Å². The number of phenols is 1. The first-order valence-electron chi connectivity index (χ1n) is 6.26. The van der Waals surface area contributed by atoms with E-state index in [0.717, 1.165) is 18.4 Å². The third kappa shape index (κ3) is 3.93. The molecule has 3 N–H and O–H groups in total. The first-order valence-corrected chi connectivity index (χ1v) is 6.26. The van der Waals surface area contributed by atoms with Gasteiger partial charge in [0, 0.05) is 11.6 Å². The molecule has 2 atom stereocenters. The summed E-state index contributed by atoms with van der Waals surface area (Å²) in [5.74, 6) is 1.13. The fraction of sp³-hybridized carbons (Fsp3) is 0.571. The minimum Gasteiger partial charge on any atom is -0.504 e. The van der Waals surface area contributed by atoms with E-state index in [1.54, 1.807) is 6.07 Å². The van der Waals surface area contributed by atoms with Crippen molar-refractivity contribution >= 4 is 0 Å². The van der Waals surface area contributed by atoms with Crippen LogP contribution in [0.2, 0.25) is 0 Å². The summed E-state index contributed by atoms with van der Waals surface area (Å²) in [6.45, 7) is 6.58. The maximum absolute atomic E-state index is 10.1. The molecule has 96 valence electrons. The zero-order valence-electron chi connectivity index (χ0n) is 10.9. The molecular weight excluding hydrogens is 214 g/mol. The van der Waals surface area contributed by atoms with Gasteiger partial charge in [-0.25, -0.2) is 0 Å². The first-order chi connectivity index (χ1) is 8.06. The lowest BCUT2D eigenvalue weighted by Crippen LogP contribution is -2.15. The molecule has 0 saturated carbocycles. The van der Waals surface area contributed by atoms with Crippen LogP contribution in [-0.2, 0) is 0 Å². The number of nitrogens with two attached hydrogens (primary N) is 1. The number of para-hydroxylation sites is 1. The van der Waals surface area contributed by atoms with Crippen molar-refractivity contribution in [3.63, 3.8) is 0 Å². The average Bonchev–Trinajstić information content (AvgIpc) is 2.29. The van der Waals surface area contributed by atoms with Crippen molar-refractivity contribution in [2.45, 2.75) is 45.6 Å². The van der Waals surface area contributed by atoms with E-state index in [-0.39, 0.29) is 11.8 Å². The van der Waals surface area contributed by atoms with Gasteiger partial charge in [-0.3, -0.25) is 0 Å². The van der Waals surface area contributed by atoms with Crippen LogP contribution in [0.15, 0.2) is 18.2 Å². The van der Waals surface area contributed by atoms with Gasteiger partial charge in [-0.1, -0.05) is 19.1 Å². The molecule has 0 aromatic heterocycles. The third-order valence-electron chi connectivity index (χ3n) is 2.92. The highest BCUT2D eigenvalue weighted by Crippen LogP contribution is 2.36. The van der Waals surface area contributed by atoms with Gasteiger partial charge in [0.05, 0.1) is 6.61 Å². The zero-order valence-corrected chi connectivity index (χ0v) is 10.9. The Hall–Kier alpha value is -1.22. The molecule has 1 rings (SSSR count). The summed E-state index contributed by atoms with van der Waals surface area (Å²) in [5, 5.41) is 10.1. The van der Waals surface area contributed by atoms with Crippen molar-refractivity contribution in [1.29, 1.82) is 0 Å². The minimum atomic E-state index is 0.203. The maximum Gasteiger partial charge on any atom is 0.161 e. The number of hydrogen-bond donors (Lipinski definition) is 2. The van der Waals surface area contributed by atoms with E-state index >= 15 is 0 Å². The second-order valence-electron chi connectivity index (χ2n) is 4.58. The second-order valence-corrected chi connectivity index (χ2v) is 4.58. The van der Waals surface area contributed by atoms with Gasteiger partial charge in [0.2, 0.25) is 0 Å². The molecule has 0 spiro atoms. The van der Waals surface area contributed by atoms with Crippen LogP contribution in [0.25, 0.3) is 0 Å². The molecular formula is C14H23NO2. The van der Waals surface area contributed by atoms with Crippen LogP contribution in [0.1, 0.15) is 45.1 Å². The van der Waals surface area contributed by atoms with Gasteiger partial charge in [-0.15, -0.1) is 0 Å². The summed E-state index contributed by atoms with van der Waals surface area (Å²) in [7, 11) is 0. The Morgan fingerprint density at radius 3 is 2.59 bits per heavy atom. The van der Waals surface area contributed by atoms with Crippen LogP contribution in [0.4, 0.5) is 0 Å². The molecule has 0 saturated heterocycles. The van der Waals surface area contributed by atoms with E-state index in [1.807, 2.05) is 26.0 Å². The molecule has 17 heavy (non-hydrogen) atoms. The Labute approximate surface area is 104 Å². The maximum atomic E-state index is 10.1. The van der Waals surface area contributed by atoms with Gasteiger partial charge in [0.15, 0.2) is 11.5 Å². The van der Waals surface area contributed by atoms with E-state index in [4.69, 9.17) is 10.5 Å². The number of rotatable bonds is 6. The Morgan fingerprint density at radius 1 is 1.29 bits per heavy atom. The predicted octanol–water partition coefficient (Wildman–Crippen LogP) is 3.02. The lowest BCUT2D eigenvalue weighted by molar-refractivity contribution is 0.315. The van der Waals surface area contributed by atoms with Gasteiger partial charge in [-0.2, -0.15) is 0 Å². The van der Waals surface area contributed by atoms with Crippen LogP contribution < -0.4 is 10.5 Å². The summed E-state index contributed by atoms with van der Waals surface area (Å²) >= 11 is 0. The highest BCUT2D eigenvalue weighted by atomic mass is 16.5. The van der Waals surface area contributed by atoms with Gasteiger partial charge in [0.1, 0.15) is 0 Å². The summed E-state index contributed by atoms with van der Waals surface area (Å²) in [6, 6.07) is 5.86. The predicted molar refractivity (Wildman–Crippen MR) is 70.6 cm³/mol. The molecule has 0 aliphatic carbocycles. The SMILES string of the molecule is CCOc1cccc(C(C)CCC(C)N)c1O. The molecule has 0 radical (unpaired) electrons. The van der Waals surface area contributed by atoms with Crippen molar-refractivity contribution in [2.24, 2.45) is 5.73 Å². The van der Waals surface area contributed by atoms with E-state index < -0.39 is 0 Å². The fourth-order valence-electron chi connectivity index (χ4n) is 1.88. The van der Waals surface area contributed by atoms with Crippen LogP contribution in [0.5, 0.6) is 11.5 Å². The van der Waals surface area contributed by atoms with Crippen molar-refractivity contribution in [2.75, 3.05) is 6.61 Å². The lowest BCUT2D eigenvalue weighted by Gasteiger charge is -2.16. The van der Waals surface area contributed by atoms with Crippen LogP contribution in [-0.4, -0.2) is 17.8 Å². The molecule has 0 heterocycles. The summed E-state index contributed by atoms with van der Waals surface area (Å²) in [4.78, 5) is 0. The number of ether oxygens (including phenoxy) is 1. The Kier molecular flexibility index (Phi) is 5.29. The number of hydrogen-bond acceptors (Lipinski definition) is 3. The molecule has 0 aliphatic heterocycles. The van der Waals surface area contributed by atoms with Crippen LogP contribution in [0, 0.1) is 0 Å². The molecule has 0 amide bonds. The van der Waals surface area contributed by atoms with Gasteiger partial charge in [0.25, 0.3) is 0 Å². The molecule has 0 bridgehead atoms. The van der Waals surface area contributed by atoms with E-state index in [9.17, 15) is 5.11 Å². The lowest BCUT2D eigenvalue weighted by atomic mass is 9.93. The number of aromatic hydroxyl groups is 1. The quantitative estimate of drug-likeness (QED) is 0.799. The fourth-order valence-corrected chi connectivity index (χ4v) is 1.88. The smallest absolute Gasteiger partial charge is 0.161 e. The third-order valence-corrected chi connectivity index (χ3v) is 2.92. The minimum absolute atomic E-state index is 0.203. The van der Waals surface area contributed by atoms with E-state index in [2.05, 4.69) is 6.92 Å². The molecule has 1 aromatic carbocycles.